The molecule has 2 heterocycles. The van der Waals surface area contributed by atoms with Gasteiger partial charge in [-0.1, -0.05) is 0 Å². The van der Waals surface area contributed by atoms with E-state index >= 15 is 0 Å². The van der Waals surface area contributed by atoms with Crippen LogP contribution < -0.4 is 11.1 Å². The molecule has 6 heteroatoms. The summed E-state index contributed by atoms with van der Waals surface area (Å²) in [5.74, 6) is 0.761. The average molecular weight is 270 g/mol. The Labute approximate surface area is 95.8 Å². The van der Waals surface area contributed by atoms with Crippen LogP contribution in [-0.4, -0.2) is 27.5 Å². The maximum atomic E-state index is 5.43. The molecular formula is C9H12BrN5. The predicted octanol–water partition coefficient (Wildman–Crippen LogP) is 1.17. The third-order valence-corrected chi connectivity index (χ3v) is 3.04. The van der Waals surface area contributed by atoms with E-state index in [1.807, 2.05) is 17.5 Å². The van der Waals surface area contributed by atoms with Crippen molar-refractivity contribution in [2.24, 2.45) is 5.73 Å². The first-order chi connectivity index (χ1) is 7.24. The highest BCUT2D eigenvalue weighted by Crippen LogP contribution is 2.21. The summed E-state index contributed by atoms with van der Waals surface area (Å²) in [6.07, 6.45) is 3.60. The number of nitrogens with two attached hydrogens (primary N) is 1. The fraction of sp³-hybridized carbons (Fsp3) is 0.333. The van der Waals surface area contributed by atoms with Crippen LogP contribution in [0.1, 0.15) is 5.69 Å². The predicted molar refractivity (Wildman–Crippen MR) is 63.0 cm³/mol. The van der Waals surface area contributed by atoms with Gasteiger partial charge in [-0.3, -0.25) is 4.40 Å². The number of nitrogens with zero attached hydrogens (tertiary/aromatic N) is 3. The van der Waals surface area contributed by atoms with E-state index in [0.29, 0.717) is 13.1 Å². The van der Waals surface area contributed by atoms with Crippen molar-refractivity contribution in [1.82, 2.24) is 14.4 Å². The minimum Gasteiger partial charge on any atom is -0.366 e. The van der Waals surface area contributed by atoms with Crippen LogP contribution in [0.15, 0.2) is 17.0 Å². The third kappa shape index (κ3) is 1.82. The topological polar surface area (TPSA) is 68.2 Å². The quantitative estimate of drug-likeness (QED) is 0.878. The number of aromatic nitrogens is 3. The Bertz CT molecular complexity index is 479. The van der Waals surface area contributed by atoms with Crippen LogP contribution in [0, 0.1) is 6.92 Å². The second kappa shape index (κ2) is 4.16. The molecule has 0 unspecified atom stereocenters. The van der Waals surface area contributed by atoms with Gasteiger partial charge in [0.25, 0.3) is 0 Å². The van der Waals surface area contributed by atoms with Gasteiger partial charge in [-0.05, 0) is 22.9 Å². The summed E-state index contributed by atoms with van der Waals surface area (Å²) >= 11 is 3.47. The molecule has 3 N–H and O–H groups in total. The maximum Gasteiger partial charge on any atom is 0.181 e. The Morgan fingerprint density at radius 1 is 1.60 bits per heavy atom. The summed E-state index contributed by atoms with van der Waals surface area (Å²) in [5.41, 5.74) is 7.19. The lowest BCUT2D eigenvalue weighted by atomic mass is 10.5. The molecule has 15 heavy (non-hydrogen) atoms. The van der Waals surface area contributed by atoms with Gasteiger partial charge < -0.3 is 11.1 Å². The number of hydrogen-bond donors (Lipinski definition) is 2. The van der Waals surface area contributed by atoms with E-state index in [0.717, 1.165) is 21.8 Å². The second-order valence-corrected chi connectivity index (χ2v) is 3.92. The lowest BCUT2D eigenvalue weighted by Gasteiger charge is -2.04. The molecular weight excluding hydrogens is 258 g/mol. The number of anilines is 1. The number of aryl methyl sites for hydroxylation is 1. The van der Waals surface area contributed by atoms with Crippen LogP contribution in [0.25, 0.3) is 5.65 Å². The van der Waals surface area contributed by atoms with Crippen molar-refractivity contribution in [1.29, 1.82) is 0 Å². The average Bonchev–Trinajstić information content (AvgIpc) is 2.53. The molecule has 0 saturated carbocycles. The van der Waals surface area contributed by atoms with Crippen molar-refractivity contribution in [2.45, 2.75) is 6.92 Å². The molecule has 0 radical (unpaired) electrons. The lowest BCUT2D eigenvalue weighted by Crippen LogP contribution is -2.14. The number of hydrogen-bond acceptors (Lipinski definition) is 4. The molecule has 0 amide bonds. The minimum absolute atomic E-state index is 0.573. The summed E-state index contributed by atoms with van der Waals surface area (Å²) in [6.45, 7) is 3.21. The molecule has 0 saturated heterocycles. The molecule has 0 aliphatic carbocycles. The highest BCUT2D eigenvalue weighted by atomic mass is 79.9. The molecule has 0 atom stereocenters. The normalized spacial score (nSPS) is 10.9. The molecule has 0 bridgehead atoms. The van der Waals surface area contributed by atoms with Crippen molar-refractivity contribution in [3.8, 4) is 0 Å². The van der Waals surface area contributed by atoms with Gasteiger partial charge in [0.1, 0.15) is 4.60 Å². The SMILES string of the molecule is Cc1nc2c(NCCN)nccn2c1Br. The van der Waals surface area contributed by atoms with Crippen LogP contribution in [-0.2, 0) is 0 Å². The number of fused-ring (bicyclic) bond motifs is 1. The van der Waals surface area contributed by atoms with E-state index in [4.69, 9.17) is 5.73 Å². The van der Waals surface area contributed by atoms with Gasteiger partial charge in [0.15, 0.2) is 11.5 Å². The van der Waals surface area contributed by atoms with Crippen molar-refractivity contribution < 1.29 is 0 Å². The first-order valence-corrected chi connectivity index (χ1v) is 5.46. The van der Waals surface area contributed by atoms with Crippen molar-refractivity contribution >= 4 is 27.4 Å². The Balaban J connectivity index is 2.51. The Morgan fingerprint density at radius 3 is 3.13 bits per heavy atom. The standard InChI is InChI=1S/C9H12BrN5/c1-6-7(10)15-5-4-13-8(9(15)14-6)12-3-2-11/h4-5H,2-3,11H2,1H3,(H,12,13). The summed E-state index contributed by atoms with van der Waals surface area (Å²) in [7, 11) is 0. The van der Waals surface area contributed by atoms with Crippen molar-refractivity contribution in [3.63, 3.8) is 0 Å². The summed E-state index contributed by atoms with van der Waals surface area (Å²) in [4.78, 5) is 8.64. The molecule has 0 spiro atoms. The van der Waals surface area contributed by atoms with Crippen molar-refractivity contribution in [3.05, 3.63) is 22.7 Å². The largest absolute Gasteiger partial charge is 0.366 e. The molecule has 0 fully saturated rings. The zero-order chi connectivity index (χ0) is 10.8. The maximum absolute atomic E-state index is 5.43. The summed E-state index contributed by atoms with van der Waals surface area (Å²) in [6, 6.07) is 0. The Kier molecular flexibility index (Phi) is 2.88. The number of rotatable bonds is 3. The first kappa shape index (κ1) is 10.4. The van der Waals surface area contributed by atoms with Gasteiger partial charge in [0, 0.05) is 25.5 Å². The molecule has 2 rings (SSSR count). The first-order valence-electron chi connectivity index (χ1n) is 4.67. The van der Waals surface area contributed by atoms with Gasteiger partial charge in [-0.25, -0.2) is 9.97 Å². The smallest absolute Gasteiger partial charge is 0.181 e. The van der Waals surface area contributed by atoms with Crippen LogP contribution in [0.4, 0.5) is 5.82 Å². The molecule has 0 aliphatic rings. The van der Waals surface area contributed by atoms with Crippen LogP contribution in [0.3, 0.4) is 0 Å². The molecule has 2 aromatic heterocycles. The van der Waals surface area contributed by atoms with Gasteiger partial charge in [0.2, 0.25) is 0 Å². The van der Waals surface area contributed by atoms with E-state index in [-0.39, 0.29) is 0 Å². The third-order valence-electron chi connectivity index (χ3n) is 2.08. The monoisotopic (exact) mass is 269 g/mol. The van der Waals surface area contributed by atoms with Crippen molar-refractivity contribution in [2.75, 3.05) is 18.4 Å². The molecule has 80 valence electrons. The van der Waals surface area contributed by atoms with E-state index in [2.05, 4.69) is 31.2 Å². The second-order valence-electron chi connectivity index (χ2n) is 3.17. The Hall–Kier alpha value is -1.14. The Morgan fingerprint density at radius 2 is 2.40 bits per heavy atom. The number of imidazole rings is 1. The van der Waals surface area contributed by atoms with E-state index in [9.17, 15) is 0 Å². The highest BCUT2D eigenvalue weighted by Gasteiger charge is 2.09. The van der Waals surface area contributed by atoms with Crippen LogP contribution >= 0.6 is 15.9 Å². The zero-order valence-corrected chi connectivity index (χ0v) is 9.95. The fourth-order valence-electron chi connectivity index (χ4n) is 1.38. The van der Waals surface area contributed by atoms with E-state index in [1.54, 1.807) is 6.20 Å². The molecule has 0 aliphatic heterocycles. The molecule has 0 aromatic carbocycles. The van der Waals surface area contributed by atoms with Crippen LogP contribution in [0.2, 0.25) is 0 Å². The minimum atomic E-state index is 0.573. The molecule has 5 nitrogen and oxygen atoms in total. The lowest BCUT2D eigenvalue weighted by molar-refractivity contribution is 1.00. The number of halogens is 1. The highest BCUT2D eigenvalue weighted by molar-refractivity contribution is 9.10. The number of nitrogens with one attached hydrogen (secondary N) is 1. The zero-order valence-electron chi connectivity index (χ0n) is 8.37. The van der Waals surface area contributed by atoms with E-state index in [1.165, 1.54) is 0 Å². The van der Waals surface area contributed by atoms with E-state index < -0.39 is 0 Å². The van der Waals surface area contributed by atoms with Gasteiger partial charge >= 0.3 is 0 Å². The molecule has 2 aromatic rings. The van der Waals surface area contributed by atoms with Gasteiger partial charge in [-0.15, -0.1) is 0 Å². The summed E-state index contributed by atoms with van der Waals surface area (Å²) < 4.78 is 2.90. The van der Waals surface area contributed by atoms with Gasteiger partial charge in [-0.2, -0.15) is 0 Å². The summed E-state index contributed by atoms with van der Waals surface area (Å²) in [5, 5.41) is 3.14. The van der Waals surface area contributed by atoms with Gasteiger partial charge in [0.05, 0.1) is 5.69 Å². The van der Waals surface area contributed by atoms with Crippen LogP contribution in [0.5, 0.6) is 0 Å². The fourth-order valence-corrected chi connectivity index (χ4v) is 1.75.